The Morgan fingerprint density at radius 1 is 1.47 bits per heavy atom. The maximum atomic E-state index is 6.04. The van der Waals surface area contributed by atoms with Gasteiger partial charge in [0.05, 0.1) is 0 Å². The normalized spacial score (nSPS) is 23.4. The second-order valence-electron chi connectivity index (χ2n) is 5.81. The third-order valence-corrected chi connectivity index (χ3v) is 4.22. The van der Waals surface area contributed by atoms with E-state index in [0.29, 0.717) is 11.5 Å². The summed E-state index contributed by atoms with van der Waals surface area (Å²) in [6.07, 6.45) is 2.46. The summed E-state index contributed by atoms with van der Waals surface area (Å²) >= 11 is 6.04. The number of halogens is 1. The topological polar surface area (TPSA) is 12.0 Å². The Labute approximate surface area is 110 Å². The number of hydrogen-bond donors (Lipinski definition) is 1. The highest BCUT2D eigenvalue weighted by molar-refractivity contribution is 6.30. The van der Waals surface area contributed by atoms with Gasteiger partial charge in [0.2, 0.25) is 0 Å². The van der Waals surface area contributed by atoms with E-state index in [1.54, 1.807) is 0 Å². The fourth-order valence-corrected chi connectivity index (χ4v) is 2.63. The Kier molecular flexibility index (Phi) is 3.79. The van der Waals surface area contributed by atoms with Gasteiger partial charge in [-0.2, -0.15) is 0 Å². The predicted octanol–water partition coefficient (Wildman–Crippen LogP) is 4.43. The number of nitrogens with one attached hydrogen (secondary N) is 1. The van der Waals surface area contributed by atoms with Crippen molar-refractivity contribution in [2.24, 2.45) is 11.3 Å². The smallest absolute Gasteiger partial charge is 0.0409 e. The molecular weight excluding hydrogens is 230 g/mol. The second kappa shape index (κ2) is 4.99. The second-order valence-corrected chi connectivity index (χ2v) is 6.25. The van der Waals surface area contributed by atoms with Crippen LogP contribution in [0.15, 0.2) is 24.3 Å². The van der Waals surface area contributed by atoms with Gasteiger partial charge in [-0.05, 0) is 48.4 Å². The molecule has 2 unspecified atom stereocenters. The minimum atomic E-state index is 0.435. The number of benzene rings is 1. The van der Waals surface area contributed by atoms with E-state index in [1.807, 2.05) is 12.1 Å². The molecule has 0 heterocycles. The molecule has 1 aliphatic carbocycles. The van der Waals surface area contributed by atoms with Gasteiger partial charge in [-0.3, -0.25) is 0 Å². The molecule has 1 N–H and O–H groups in total. The van der Waals surface area contributed by atoms with Crippen LogP contribution >= 0.6 is 11.6 Å². The molecule has 0 aromatic heterocycles. The van der Waals surface area contributed by atoms with Crippen molar-refractivity contribution in [2.75, 3.05) is 6.54 Å². The molecule has 2 atom stereocenters. The summed E-state index contributed by atoms with van der Waals surface area (Å²) in [5, 5.41) is 4.50. The van der Waals surface area contributed by atoms with Crippen molar-refractivity contribution >= 4 is 11.6 Å². The Balaban J connectivity index is 1.93. The van der Waals surface area contributed by atoms with E-state index in [0.717, 1.165) is 23.9 Å². The summed E-state index contributed by atoms with van der Waals surface area (Å²) in [6.45, 7) is 8.04. The molecule has 1 saturated carbocycles. The molecule has 1 aromatic rings. The fraction of sp³-hybridized carbons (Fsp3) is 0.600. The van der Waals surface area contributed by atoms with E-state index in [-0.39, 0.29) is 0 Å². The van der Waals surface area contributed by atoms with E-state index in [1.165, 1.54) is 12.0 Å². The van der Waals surface area contributed by atoms with Crippen molar-refractivity contribution in [1.82, 2.24) is 5.32 Å². The molecule has 0 radical (unpaired) electrons. The standard InChI is InChI=1S/C15H22ClN/c1-4-14(11-6-5-7-13(16)8-11)17-10-12-9-15(12,2)3/h5-8,12,14,17H,4,9-10H2,1-3H3. The van der Waals surface area contributed by atoms with E-state index in [4.69, 9.17) is 11.6 Å². The van der Waals surface area contributed by atoms with Crippen molar-refractivity contribution in [1.29, 1.82) is 0 Å². The van der Waals surface area contributed by atoms with Gasteiger partial charge in [0.15, 0.2) is 0 Å². The first kappa shape index (κ1) is 12.9. The Hall–Kier alpha value is -0.530. The molecule has 1 nitrogen and oxygen atoms in total. The SMILES string of the molecule is CCC(NCC1CC1(C)C)c1cccc(Cl)c1. The monoisotopic (exact) mass is 251 g/mol. The molecule has 0 spiro atoms. The van der Waals surface area contributed by atoms with Gasteiger partial charge < -0.3 is 5.32 Å². The van der Waals surface area contributed by atoms with Gasteiger partial charge in [0.25, 0.3) is 0 Å². The van der Waals surface area contributed by atoms with Crippen LogP contribution in [0.5, 0.6) is 0 Å². The van der Waals surface area contributed by atoms with Gasteiger partial charge in [-0.1, -0.05) is 44.5 Å². The van der Waals surface area contributed by atoms with E-state index < -0.39 is 0 Å². The quantitative estimate of drug-likeness (QED) is 0.817. The maximum absolute atomic E-state index is 6.04. The molecule has 1 fully saturated rings. The highest BCUT2D eigenvalue weighted by Gasteiger charge is 2.45. The predicted molar refractivity (Wildman–Crippen MR) is 74.4 cm³/mol. The Morgan fingerprint density at radius 2 is 2.18 bits per heavy atom. The summed E-state index contributed by atoms with van der Waals surface area (Å²) in [6, 6.07) is 8.63. The number of rotatable bonds is 5. The molecule has 0 bridgehead atoms. The highest BCUT2D eigenvalue weighted by atomic mass is 35.5. The molecule has 2 heteroatoms. The molecule has 17 heavy (non-hydrogen) atoms. The van der Waals surface area contributed by atoms with Crippen LogP contribution in [0.1, 0.15) is 45.2 Å². The minimum absolute atomic E-state index is 0.435. The lowest BCUT2D eigenvalue weighted by atomic mass is 10.0. The highest BCUT2D eigenvalue weighted by Crippen LogP contribution is 2.51. The van der Waals surface area contributed by atoms with Gasteiger partial charge >= 0.3 is 0 Å². The lowest BCUT2D eigenvalue weighted by molar-refractivity contribution is 0.460. The van der Waals surface area contributed by atoms with Gasteiger partial charge in [0.1, 0.15) is 0 Å². The zero-order valence-electron chi connectivity index (χ0n) is 11.0. The zero-order chi connectivity index (χ0) is 12.5. The lowest BCUT2D eigenvalue weighted by Crippen LogP contribution is -2.24. The van der Waals surface area contributed by atoms with Crippen LogP contribution in [-0.2, 0) is 0 Å². The van der Waals surface area contributed by atoms with E-state index in [9.17, 15) is 0 Å². The largest absolute Gasteiger partial charge is 0.310 e. The van der Waals surface area contributed by atoms with E-state index in [2.05, 4.69) is 38.2 Å². The minimum Gasteiger partial charge on any atom is -0.310 e. The average Bonchev–Trinajstić information content (AvgIpc) is 2.87. The molecule has 0 saturated heterocycles. The van der Waals surface area contributed by atoms with Crippen molar-refractivity contribution in [3.63, 3.8) is 0 Å². The van der Waals surface area contributed by atoms with Crippen LogP contribution < -0.4 is 5.32 Å². The molecule has 0 amide bonds. The van der Waals surface area contributed by atoms with Gasteiger partial charge in [0, 0.05) is 11.1 Å². The van der Waals surface area contributed by atoms with Crippen molar-refractivity contribution in [3.05, 3.63) is 34.9 Å². The van der Waals surface area contributed by atoms with Crippen LogP contribution in [0.25, 0.3) is 0 Å². The van der Waals surface area contributed by atoms with Crippen molar-refractivity contribution in [2.45, 2.75) is 39.7 Å². The Bertz CT molecular complexity index is 386. The Morgan fingerprint density at radius 3 is 2.71 bits per heavy atom. The first-order chi connectivity index (χ1) is 8.03. The zero-order valence-corrected chi connectivity index (χ0v) is 11.7. The molecule has 94 valence electrons. The summed E-state index contributed by atoms with van der Waals surface area (Å²) in [5.74, 6) is 0.843. The van der Waals surface area contributed by atoms with Crippen LogP contribution in [0.2, 0.25) is 5.02 Å². The summed E-state index contributed by atoms with van der Waals surface area (Å²) in [4.78, 5) is 0. The third-order valence-electron chi connectivity index (χ3n) is 3.99. The summed E-state index contributed by atoms with van der Waals surface area (Å²) < 4.78 is 0. The first-order valence-corrected chi connectivity index (χ1v) is 6.89. The average molecular weight is 252 g/mol. The van der Waals surface area contributed by atoms with Crippen LogP contribution in [0, 0.1) is 11.3 Å². The lowest BCUT2D eigenvalue weighted by Gasteiger charge is -2.18. The summed E-state index contributed by atoms with van der Waals surface area (Å²) in [5.41, 5.74) is 1.86. The summed E-state index contributed by atoms with van der Waals surface area (Å²) in [7, 11) is 0. The fourth-order valence-electron chi connectivity index (χ4n) is 2.43. The molecule has 2 rings (SSSR count). The van der Waals surface area contributed by atoms with Gasteiger partial charge in [-0.15, -0.1) is 0 Å². The van der Waals surface area contributed by atoms with Crippen LogP contribution in [0.4, 0.5) is 0 Å². The first-order valence-electron chi connectivity index (χ1n) is 6.52. The number of hydrogen-bond acceptors (Lipinski definition) is 1. The maximum Gasteiger partial charge on any atom is 0.0409 e. The molecule has 1 aromatic carbocycles. The van der Waals surface area contributed by atoms with Gasteiger partial charge in [-0.25, -0.2) is 0 Å². The van der Waals surface area contributed by atoms with Crippen LogP contribution in [-0.4, -0.2) is 6.54 Å². The van der Waals surface area contributed by atoms with E-state index >= 15 is 0 Å². The van der Waals surface area contributed by atoms with Crippen molar-refractivity contribution < 1.29 is 0 Å². The molecular formula is C15H22ClN. The van der Waals surface area contributed by atoms with Crippen molar-refractivity contribution in [3.8, 4) is 0 Å². The molecule has 0 aliphatic heterocycles. The third kappa shape index (κ3) is 3.23. The molecule has 1 aliphatic rings. The van der Waals surface area contributed by atoms with Crippen LogP contribution in [0.3, 0.4) is 0 Å².